The zero-order valence-corrected chi connectivity index (χ0v) is 6.47. The molecule has 0 bridgehead atoms. The van der Waals surface area contributed by atoms with Crippen molar-refractivity contribution in [2.45, 2.75) is 6.04 Å². The van der Waals surface area contributed by atoms with Gasteiger partial charge >= 0.3 is 5.97 Å². The van der Waals surface area contributed by atoms with Crippen molar-refractivity contribution in [1.29, 1.82) is 0 Å². The minimum Gasteiger partial charge on any atom is -0.480 e. The lowest BCUT2D eigenvalue weighted by molar-refractivity contribution is -0.138. The summed E-state index contributed by atoms with van der Waals surface area (Å²) in [5.41, 5.74) is 0. The molecule has 2 N–H and O–H groups in total. The summed E-state index contributed by atoms with van der Waals surface area (Å²) in [5.74, 6) is -0.583. The smallest absolute Gasteiger partial charge is 0.321 e. The van der Waals surface area contributed by atoms with E-state index in [4.69, 9.17) is 5.11 Å². The first-order chi connectivity index (χ1) is 4.72. The molecule has 10 heavy (non-hydrogen) atoms. The molecule has 0 fully saturated rings. The molecule has 1 unspecified atom stereocenters. The van der Waals surface area contributed by atoms with Gasteiger partial charge in [0.1, 0.15) is 6.04 Å². The maximum atomic E-state index is 10.3. The minimum absolute atomic E-state index is 0.295. The van der Waals surface area contributed by atoms with Gasteiger partial charge in [-0.3, -0.25) is 4.79 Å². The van der Waals surface area contributed by atoms with Crippen LogP contribution >= 0.6 is 12.6 Å². The summed E-state index contributed by atoms with van der Waals surface area (Å²) in [6, 6.07) is -0.568. The van der Waals surface area contributed by atoms with Crippen LogP contribution in [0.3, 0.4) is 0 Å². The Morgan fingerprint density at radius 2 is 2.50 bits per heavy atom. The van der Waals surface area contributed by atoms with E-state index in [0.29, 0.717) is 12.3 Å². The third kappa shape index (κ3) is 3.53. The molecule has 0 saturated carbocycles. The van der Waals surface area contributed by atoms with Crippen molar-refractivity contribution >= 4 is 18.6 Å². The van der Waals surface area contributed by atoms with E-state index in [1.807, 2.05) is 0 Å². The number of thiol groups is 1. The Balaban J connectivity index is 3.60. The van der Waals surface area contributed by atoms with Crippen molar-refractivity contribution in [3.63, 3.8) is 0 Å². The third-order valence-corrected chi connectivity index (χ3v) is 1.35. The number of rotatable bonds is 5. The first kappa shape index (κ1) is 9.52. The molecule has 0 saturated heterocycles. The highest BCUT2D eigenvalue weighted by Gasteiger charge is 2.12. The van der Waals surface area contributed by atoms with Crippen LogP contribution in [0.25, 0.3) is 0 Å². The van der Waals surface area contributed by atoms with Crippen LogP contribution in [0.15, 0.2) is 12.7 Å². The van der Waals surface area contributed by atoms with Crippen LogP contribution in [0.2, 0.25) is 0 Å². The monoisotopic (exact) mass is 161 g/mol. The van der Waals surface area contributed by atoms with E-state index in [9.17, 15) is 4.79 Å². The summed E-state index contributed by atoms with van der Waals surface area (Å²) in [5, 5.41) is 11.2. The molecule has 0 amide bonds. The number of carboxylic acids is 1. The van der Waals surface area contributed by atoms with Gasteiger partial charge in [-0.15, -0.1) is 6.58 Å². The van der Waals surface area contributed by atoms with Crippen LogP contribution in [0.1, 0.15) is 0 Å². The summed E-state index contributed by atoms with van der Waals surface area (Å²) in [6.45, 7) is 3.94. The van der Waals surface area contributed by atoms with Crippen molar-refractivity contribution in [2.75, 3.05) is 12.3 Å². The summed E-state index contributed by atoms with van der Waals surface area (Å²) in [6.07, 6.45) is 1.61. The van der Waals surface area contributed by atoms with E-state index in [2.05, 4.69) is 24.5 Å². The molecule has 0 aliphatic heterocycles. The van der Waals surface area contributed by atoms with E-state index in [1.165, 1.54) is 0 Å². The molecule has 0 spiro atoms. The first-order valence-electron chi connectivity index (χ1n) is 2.90. The van der Waals surface area contributed by atoms with E-state index < -0.39 is 12.0 Å². The predicted molar refractivity (Wildman–Crippen MR) is 43.5 cm³/mol. The molecule has 0 aromatic carbocycles. The average molecular weight is 161 g/mol. The van der Waals surface area contributed by atoms with Crippen molar-refractivity contribution in [3.05, 3.63) is 12.7 Å². The van der Waals surface area contributed by atoms with E-state index in [-0.39, 0.29) is 0 Å². The average Bonchev–Trinajstić information content (AvgIpc) is 1.89. The normalized spacial score (nSPS) is 12.5. The summed E-state index contributed by atoms with van der Waals surface area (Å²) in [4.78, 5) is 10.3. The zero-order valence-electron chi connectivity index (χ0n) is 5.58. The fraction of sp³-hybridized carbons (Fsp3) is 0.500. The summed E-state index contributed by atoms with van der Waals surface area (Å²) < 4.78 is 0. The third-order valence-electron chi connectivity index (χ3n) is 0.989. The minimum atomic E-state index is -0.878. The molecule has 4 heteroatoms. The van der Waals surface area contributed by atoms with Crippen LogP contribution in [0.5, 0.6) is 0 Å². The van der Waals surface area contributed by atoms with Gasteiger partial charge in [-0.05, 0) is 0 Å². The van der Waals surface area contributed by atoms with E-state index >= 15 is 0 Å². The molecule has 58 valence electrons. The van der Waals surface area contributed by atoms with Gasteiger partial charge in [-0.2, -0.15) is 12.6 Å². The standard InChI is InChI=1S/C6H11NO2S/c1-2-3-7-5(4-10)6(8)9/h2,5,7,10H,1,3-4H2,(H,8,9). The van der Waals surface area contributed by atoms with Gasteiger partial charge in [-0.25, -0.2) is 0 Å². The molecule has 0 rings (SSSR count). The van der Waals surface area contributed by atoms with Crippen LogP contribution in [0.4, 0.5) is 0 Å². The van der Waals surface area contributed by atoms with Crippen molar-refractivity contribution < 1.29 is 9.90 Å². The van der Waals surface area contributed by atoms with Gasteiger partial charge in [0.15, 0.2) is 0 Å². The highest BCUT2D eigenvalue weighted by Crippen LogP contribution is 1.86. The van der Waals surface area contributed by atoms with Crippen molar-refractivity contribution in [3.8, 4) is 0 Å². The van der Waals surface area contributed by atoms with Gasteiger partial charge in [0, 0.05) is 12.3 Å². The molecular formula is C6H11NO2S. The Morgan fingerprint density at radius 1 is 1.90 bits per heavy atom. The number of carboxylic acid groups (broad SMARTS) is 1. The Hall–Kier alpha value is -0.480. The molecule has 3 nitrogen and oxygen atoms in total. The Bertz CT molecular complexity index is 127. The predicted octanol–water partition coefficient (Wildman–Crippen LogP) is 0.145. The number of hydrogen-bond acceptors (Lipinski definition) is 3. The molecule has 0 aliphatic rings. The molecular weight excluding hydrogens is 150 g/mol. The maximum Gasteiger partial charge on any atom is 0.321 e. The molecule has 0 aliphatic carbocycles. The number of carbonyl (C=O) groups is 1. The lowest BCUT2D eigenvalue weighted by atomic mass is 10.3. The second-order valence-corrected chi connectivity index (χ2v) is 2.14. The lowest BCUT2D eigenvalue weighted by Crippen LogP contribution is -2.38. The van der Waals surface area contributed by atoms with E-state index in [0.717, 1.165) is 0 Å². The van der Waals surface area contributed by atoms with Gasteiger partial charge in [-0.1, -0.05) is 6.08 Å². The first-order valence-corrected chi connectivity index (χ1v) is 3.53. The maximum absolute atomic E-state index is 10.3. The molecule has 0 aromatic rings. The molecule has 0 aromatic heterocycles. The highest BCUT2D eigenvalue weighted by molar-refractivity contribution is 7.80. The van der Waals surface area contributed by atoms with Crippen molar-refractivity contribution in [2.24, 2.45) is 0 Å². The number of nitrogens with one attached hydrogen (secondary N) is 1. The highest BCUT2D eigenvalue weighted by atomic mass is 32.1. The van der Waals surface area contributed by atoms with Gasteiger partial charge in [0.25, 0.3) is 0 Å². The second-order valence-electron chi connectivity index (χ2n) is 1.77. The van der Waals surface area contributed by atoms with Crippen LogP contribution in [-0.2, 0) is 4.79 Å². The van der Waals surface area contributed by atoms with Crippen LogP contribution in [-0.4, -0.2) is 29.4 Å². The quantitative estimate of drug-likeness (QED) is 0.397. The van der Waals surface area contributed by atoms with Crippen LogP contribution in [0, 0.1) is 0 Å². The molecule has 1 atom stereocenters. The fourth-order valence-corrected chi connectivity index (χ4v) is 0.741. The zero-order chi connectivity index (χ0) is 7.98. The fourth-order valence-electron chi connectivity index (χ4n) is 0.456. The van der Waals surface area contributed by atoms with E-state index in [1.54, 1.807) is 6.08 Å². The SMILES string of the molecule is C=CCNC(CS)C(=O)O. The second kappa shape index (κ2) is 5.32. The largest absolute Gasteiger partial charge is 0.480 e. The van der Waals surface area contributed by atoms with Gasteiger partial charge in [0.05, 0.1) is 0 Å². The Morgan fingerprint density at radius 3 is 2.80 bits per heavy atom. The topological polar surface area (TPSA) is 49.3 Å². The number of hydrogen-bond donors (Lipinski definition) is 3. The Labute approximate surface area is 65.5 Å². The number of aliphatic carboxylic acids is 1. The molecule has 0 heterocycles. The van der Waals surface area contributed by atoms with Crippen molar-refractivity contribution in [1.82, 2.24) is 5.32 Å². The summed E-state index contributed by atoms with van der Waals surface area (Å²) >= 11 is 3.85. The van der Waals surface area contributed by atoms with Crippen LogP contribution < -0.4 is 5.32 Å². The van der Waals surface area contributed by atoms with Gasteiger partial charge < -0.3 is 10.4 Å². The van der Waals surface area contributed by atoms with Gasteiger partial charge in [0.2, 0.25) is 0 Å². The Kier molecular flexibility index (Phi) is 5.06. The summed E-state index contributed by atoms with van der Waals surface area (Å²) in [7, 11) is 0. The molecule has 0 radical (unpaired) electrons. The lowest BCUT2D eigenvalue weighted by Gasteiger charge is -2.08.